The Morgan fingerprint density at radius 3 is 2.44 bits per heavy atom. The van der Waals surface area contributed by atoms with Crippen LogP contribution in [0.5, 0.6) is 5.75 Å². The average Bonchev–Trinajstić information content (AvgIpc) is 3.31. The predicted molar refractivity (Wildman–Crippen MR) is 150 cm³/mol. The molecule has 2 aliphatic rings. The van der Waals surface area contributed by atoms with Gasteiger partial charge in [-0.05, 0) is 89.8 Å². The Labute approximate surface area is 229 Å². The van der Waals surface area contributed by atoms with E-state index in [2.05, 4.69) is 21.2 Å². The van der Waals surface area contributed by atoms with Crippen molar-refractivity contribution in [1.29, 1.82) is 0 Å². The summed E-state index contributed by atoms with van der Waals surface area (Å²) in [4.78, 5) is 31.5. The second-order valence-corrected chi connectivity index (χ2v) is 12.0. The number of benzene rings is 1. The third kappa shape index (κ3) is 6.02. The summed E-state index contributed by atoms with van der Waals surface area (Å²) in [5.74, 6) is 0.284. The molecular weight excluding hydrogens is 494 g/mol. The summed E-state index contributed by atoms with van der Waals surface area (Å²) in [6.45, 7) is 9.11. The minimum absolute atomic E-state index is 0.199. The maximum atomic E-state index is 12.8. The lowest BCUT2D eigenvalue weighted by Crippen LogP contribution is -2.46. The number of hydrogen-bond acceptors (Lipinski definition) is 6. The van der Waals surface area contributed by atoms with Crippen LogP contribution >= 0.6 is 0 Å². The molecule has 0 unspecified atom stereocenters. The summed E-state index contributed by atoms with van der Waals surface area (Å²) in [5, 5.41) is 8.78. The van der Waals surface area contributed by atoms with Crippen LogP contribution in [0.15, 0.2) is 36.5 Å². The topological polar surface area (TPSA) is 98.6 Å². The molecule has 1 saturated heterocycles. The van der Waals surface area contributed by atoms with Gasteiger partial charge in [-0.15, -0.1) is 0 Å². The molecule has 1 aliphatic heterocycles. The first-order valence-electron chi connectivity index (χ1n) is 13.8. The molecule has 3 heterocycles. The lowest BCUT2D eigenvalue weighted by molar-refractivity contribution is 0.00157. The Kier molecular flexibility index (Phi) is 7.27. The summed E-state index contributed by atoms with van der Waals surface area (Å²) in [6, 6.07) is 9.50. The van der Waals surface area contributed by atoms with Crippen LogP contribution in [-0.4, -0.2) is 57.5 Å². The second kappa shape index (κ2) is 10.5. The van der Waals surface area contributed by atoms with Crippen molar-refractivity contribution in [1.82, 2.24) is 19.7 Å². The highest BCUT2D eigenvalue weighted by Gasteiger charge is 2.40. The van der Waals surface area contributed by atoms with E-state index >= 15 is 0 Å². The number of aromatic nitrogens is 3. The number of hydrogen-bond donors (Lipinski definition) is 1. The summed E-state index contributed by atoms with van der Waals surface area (Å²) < 4.78 is 13.2. The highest BCUT2D eigenvalue weighted by atomic mass is 16.6. The van der Waals surface area contributed by atoms with Gasteiger partial charge in [-0.25, -0.2) is 9.78 Å². The van der Waals surface area contributed by atoms with E-state index in [1.165, 1.54) is 0 Å². The van der Waals surface area contributed by atoms with Crippen molar-refractivity contribution in [2.24, 2.45) is 5.41 Å². The summed E-state index contributed by atoms with van der Waals surface area (Å²) in [7, 11) is 1.59. The van der Waals surface area contributed by atoms with Gasteiger partial charge in [0.15, 0.2) is 0 Å². The predicted octanol–water partition coefficient (Wildman–Crippen LogP) is 6.13. The molecule has 1 aromatic carbocycles. The van der Waals surface area contributed by atoms with Gasteiger partial charge in [-0.2, -0.15) is 5.10 Å². The molecule has 3 aromatic rings. The fourth-order valence-corrected chi connectivity index (χ4v) is 5.85. The van der Waals surface area contributed by atoms with Crippen molar-refractivity contribution in [2.45, 2.75) is 77.9 Å². The molecule has 1 saturated carbocycles. The normalized spacial score (nSPS) is 17.8. The van der Waals surface area contributed by atoms with Gasteiger partial charge in [0.25, 0.3) is 5.91 Å². The number of ether oxygens (including phenoxy) is 2. The van der Waals surface area contributed by atoms with Gasteiger partial charge >= 0.3 is 6.09 Å². The Morgan fingerprint density at radius 1 is 1.08 bits per heavy atom. The Morgan fingerprint density at radius 2 is 1.79 bits per heavy atom. The van der Waals surface area contributed by atoms with Crippen molar-refractivity contribution in [3.63, 3.8) is 0 Å². The first kappa shape index (κ1) is 27.0. The van der Waals surface area contributed by atoms with E-state index in [4.69, 9.17) is 14.6 Å². The van der Waals surface area contributed by atoms with E-state index in [-0.39, 0.29) is 12.0 Å². The number of piperidine rings is 1. The molecule has 1 aliphatic carbocycles. The molecule has 1 spiro atoms. The van der Waals surface area contributed by atoms with Crippen molar-refractivity contribution in [3.05, 3.63) is 47.9 Å². The highest BCUT2D eigenvalue weighted by Crippen LogP contribution is 2.48. The van der Waals surface area contributed by atoms with Crippen LogP contribution in [0.1, 0.15) is 81.5 Å². The quantitative estimate of drug-likeness (QED) is 0.433. The van der Waals surface area contributed by atoms with Crippen LogP contribution in [0.4, 0.5) is 10.5 Å². The first-order chi connectivity index (χ1) is 18.5. The molecule has 208 valence electrons. The number of amides is 2. The zero-order valence-corrected chi connectivity index (χ0v) is 23.6. The van der Waals surface area contributed by atoms with Gasteiger partial charge in [0, 0.05) is 36.4 Å². The minimum atomic E-state index is -0.466. The first-order valence-corrected chi connectivity index (χ1v) is 13.8. The SMILES string of the molecule is COc1cc2nn(C3CCC4(CC3)CCN(C(=O)OC(C)(C)C)CC4)cc2cc1NC(=O)c1cccc(C)n1. The number of rotatable bonds is 4. The van der Waals surface area contributed by atoms with E-state index in [1.54, 1.807) is 13.2 Å². The lowest BCUT2D eigenvalue weighted by atomic mass is 9.67. The van der Waals surface area contributed by atoms with E-state index in [0.717, 1.165) is 68.2 Å². The molecule has 2 aromatic heterocycles. The minimum Gasteiger partial charge on any atom is -0.494 e. The number of aryl methyl sites for hydroxylation is 1. The zero-order valence-electron chi connectivity index (χ0n) is 23.6. The molecule has 9 nitrogen and oxygen atoms in total. The number of methoxy groups -OCH3 is 1. The van der Waals surface area contributed by atoms with Crippen molar-refractivity contribution >= 4 is 28.6 Å². The van der Waals surface area contributed by atoms with E-state index in [9.17, 15) is 9.59 Å². The fourth-order valence-electron chi connectivity index (χ4n) is 5.85. The maximum Gasteiger partial charge on any atom is 0.410 e. The number of nitrogens with one attached hydrogen (secondary N) is 1. The van der Waals surface area contributed by atoms with Crippen LogP contribution in [0.25, 0.3) is 10.9 Å². The number of carbonyl (C=O) groups is 2. The van der Waals surface area contributed by atoms with Gasteiger partial charge in [0.1, 0.15) is 17.0 Å². The monoisotopic (exact) mass is 533 g/mol. The van der Waals surface area contributed by atoms with Gasteiger partial charge in [-0.1, -0.05) is 6.07 Å². The number of likely N-dealkylation sites (tertiary alicyclic amines) is 1. The number of pyridine rings is 1. The van der Waals surface area contributed by atoms with Crippen LogP contribution in [0, 0.1) is 12.3 Å². The van der Waals surface area contributed by atoms with Crippen LogP contribution in [0.3, 0.4) is 0 Å². The Hall–Kier alpha value is -3.62. The number of fused-ring (bicyclic) bond motifs is 1. The summed E-state index contributed by atoms with van der Waals surface area (Å²) >= 11 is 0. The number of carbonyl (C=O) groups excluding carboxylic acids is 2. The number of anilines is 1. The van der Waals surface area contributed by atoms with Crippen LogP contribution in [-0.2, 0) is 4.74 Å². The second-order valence-electron chi connectivity index (χ2n) is 12.0. The summed E-state index contributed by atoms with van der Waals surface area (Å²) in [6.07, 6.45) is 8.29. The van der Waals surface area contributed by atoms with Crippen LogP contribution < -0.4 is 10.1 Å². The van der Waals surface area contributed by atoms with Crippen molar-refractivity contribution in [3.8, 4) is 5.75 Å². The average molecular weight is 534 g/mol. The Bertz CT molecular complexity index is 1360. The number of nitrogens with zero attached hydrogens (tertiary/aromatic N) is 4. The largest absolute Gasteiger partial charge is 0.494 e. The molecule has 0 bridgehead atoms. The lowest BCUT2D eigenvalue weighted by Gasteiger charge is -2.45. The van der Waals surface area contributed by atoms with Crippen molar-refractivity contribution < 1.29 is 19.1 Å². The smallest absolute Gasteiger partial charge is 0.410 e. The molecule has 1 N–H and O–H groups in total. The van der Waals surface area contributed by atoms with E-state index < -0.39 is 5.60 Å². The van der Waals surface area contributed by atoms with Gasteiger partial charge < -0.3 is 19.7 Å². The molecule has 2 amide bonds. The molecule has 5 rings (SSSR count). The van der Waals surface area contributed by atoms with Gasteiger partial charge in [0.05, 0.1) is 24.4 Å². The standard InChI is InChI=1S/C30H39N5O4/c1-20-7-6-8-23(31-20)27(36)32-25-17-21-19-35(33-24(21)18-26(25)38-5)22-9-11-30(12-10-22)13-15-34(16-14-30)28(37)39-29(2,3)4/h6-8,17-19,22H,9-16H2,1-5H3,(H,32,36). The maximum absolute atomic E-state index is 12.8. The molecule has 2 fully saturated rings. The third-order valence-corrected chi connectivity index (χ3v) is 8.08. The van der Waals surface area contributed by atoms with Crippen LogP contribution in [0.2, 0.25) is 0 Å². The fraction of sp³-hybridized carbons (Fsp3) is 0.533. The van der Waals surface area contributed by atoms with E-state index in [0.29, 0.717) is 28.6 Å². The molecule has 9 heteroatoms. The highest BCUT2D eigenvalue weighted by molar-refractivity contribution is 6.05. The van der Waals surface area contributed by atoms with Gasteiger partial charge in [0.2, 0.25) is 0 Å². The molecule has 0 atom stereocenters. The molecular formula is C30H39N5O4. The van der Waals surface area contributed by atoms with Gasteiger partial charge in [-0.3, -0.25) is 9.48 Å². The molecule has 0 radical (unpaired) electrons. The Balaban J connectivity index is 1.24. The summed E-state index contributed by atoms with van der Waals surface area (Å²) in [5.41, 5.74) is 2.41. The van der Waals surface area contributed by atoms with Crippen molar-refractivity contribution in [2.75, 3.05) is 25.5 Å². The zero-order chi connectivity index (χ0) is 27.8. The van der Waals surface area contributed by atoms with E-state index in [1.807, 2.05) is 56.9 Å². The molecule has 39 heavy (non-hydrogen) atoms. The third-order valence-electron chi connectivity index (χ3n) is 8.08.